The first-order valence-electron chi connectivity index (χ1n) is 14.8. The lowest BCUT2D eigenvalue weighted by Crippen LogP contribution is -2.35. The Morgan fingerprint density at radius 2 is 1.28 bits per heavy atom. The third-order valence-corrected chi connectivity index (χ3v) is 9.53. The predicted octanol–water partition coefficient (Wildman–Crippen LogP) is 6.65. The number of phenolic OH excluding ortho intramolecular Hbond substituents is 2. The van der Waals surface area contributed by atoms with Gasteiger partial charge in [0.2, 0.25) is 11.5 Å². The first kappa shape index (κ1) is 26.2. The van der Waals surface area contributed by atoms with Crippen LogP contribution in [0.1, 0.15) is 45.5 Å². The molecule has 10 bridgehead atoms. The van der Waals surface area contributed by atoms with Gasteiger partial charge in [0.15, 0.2) is 34.5 Å². The highest BCUT2D eigenvalue weighted by molar-refractivity contribution is 5.71. The molecular formula is C35H34N2O6. The molecule has 11 rings (SSSR count). The average Bonchev–Trinajstić information content (AvgIpc) is 3.01. The van der Waals surface area contributed by atoms with E-state index in [2.05, 4.69) is 42.1 Å². The van der Waals surface area contributed by atoms with Crippen LogP contribution < -0.4 is 18.9 Å². The number of phenols is 2. The topological polar surface area (TPSA) is 83.9 Å². The number of nitrogens with zero attached hydrogens (tertiary/aromatic N) is 2. The number of hydrogen-bond donors (Lipinski definition) is 2. The van der Waals surface area contributed by atoms with Gasteiger partial charge in [0.05, 0.1) is 7.11 Å². The van der Waals surface area contributed by atoms with E-state index in [0.29, 0.717) is 46.7 Å². The maximum atomic E-state index is 11.3. The Hall–Kier alpha value is -4.40. The van der Waals surface area contributed by atoms with Crippen LogP contribution in [0.5, 0.6) is 51.7 Å². The summed E-state index contributed by atoms with van der Waals surface area (Å²) in [4.78, 5) is 4.65. The Kier molecular flexibility index (Phi) is 6.00. The zero-order valence-electron chi connectivity index (χ0n) is 24.5. The summed E-state index contributed by atoms with van der Waals surface area (Å²) < 4.78 is 25.7. The molecule has 7 heterocycles. The maximum absolute atomic E-state index is 11.3. The fourth-order valence-electron chi connectivity index (χ4n) is 7.17. The number of likely N-dealkylation sites (N-methyl/N-ethyl adjacent to an activating group) is 2. The molecule has 0 amide bonds. The standard InChI is InChI=1S/C35H34N2O6/c1-36-12-10-21-17-27(39)32-34-30(21)24(36)14-19-4-7-23(8-5-19)41-28-16-20(6-9-26(28)38)15-25-31-22(11-13-37(25)2)18-29(40-3)33(43-34)35(31)42-32/h4-9,16-18,24-25,38-39H,10-15H2,1-3H3/t24-,25+/m0/s1. The summed E-state index contributed by atoms with van der Waals surface area (Å²) in [7, 11) is 5.89. The quantitative estimate of drug-likeness (QED) is 0.229. The van der Waals surface area contributed by atoms with E-state index >= 15 is 0 Å². The zero-order valence-corrected chi connectivity index (χ0v) is 24.5. The van der Waals surface area contributed by atoms with Gasteiger partial charge in [0, 0.05) is 36.3 Å². The molecule has 0 saturated carbocycles. The van der Waals surface area contributed by atoms with Gasteiger partial charge in [-0.3, -0.25) is 9.80 Å². The highest BCUT2D eigenvalue weighted by atomic mass is 16.6. The smallest absolute Gasteiger partial charge is 0.212 e. The Morgan fingerprint density at radius 1 is 0.674 bits per heavy atom. The number of aromatic hydroxyl groups is 2. The molecule has 0 aliphatic carbocycles. The lowest BCUT2D eigenvalue weighted by atomic mass is 9.86. The predicted molar refractivity (Wildman–Crippen MR) is 161 cm³/mol. The van der Waals surface area contributed by atoms with E-state index in [4.69, 9.17) is 18.9 Å². The van der Waals surface area contributed by atoms with Gasteiger partial charge < -0.3 is 29.2 Å². The second-order valence-electron chi connectivity index (χ2n) is 12.1. The van der Waals surface area contributed by atoms with Crippen LogP contribution in [-0.2, 0) is 25.7 Å². The molecule has 0 unspecified atom stereocenters. The fourth-order valence-corrected chi connectivity index (χ4v) is 7.17. The van der Waals surface area contributed by atoms with E-state index in [1.54, 1.807) is 13.2 Å². The summed E-state index contributed by atoms with van der Waals surface area (Å²) in [6.07, 6.45) is 3.00. The van der Waals surface area contributed by atoms with E-state index in [0.717, 1.165) is 65.7 Å². The molecule has 8 nitrogen and oxygen atoms in total. The molecule has 0 saturated heterocycles. The summed E-state index contributed by atoms with van der Waals surface area (Å²) in [5.41, 5.74) is 6.39. The Balaban J connectivity index is 1.38. The van der Waals surface area contributed by atoms with Gasteiger partial charge in [-0.2, -0.15) is 0 Å². The molecule has 0 spiro atoms. The summed E-state index contributed by atoms with van der Waals surface area (Å²) in [5, 5.41) is 22.0. The van der Waals surface area contributed by atoms with Crippen molar-refractivity contribution in [1.82, 2.24) is 9.80 Å². The molecule has 0 fully saturated rings. The Morgan fingerprint density at radius 3 is 1.98 bits per heavy atom. The lowest BCUT2D eigenvalue weighted by Gasteiger charge is -2.40. The molecular weight excluding hydrogens is 544 g/mol. The van der Waals surface area contributed by atoms with Crippen molar-refractivity contribution in [3.63, 3.8) is 0 Å². The maximum Gasteiger partial charge on any atom is 0.212 e. The van der Waals surface area contributed by atoms with Crippen molar-refractivity contribution in [3.8, 4) is 51.7 Å². The fraction of sp³-hybridized carbons (Fsp3) is 0.314. The van der Waals surface area contributed by atoms with Crippen molar-refractivity contribution in [3.05, 3.63) is 88.0 Å². The van der Waals surface area contributed by atoms with Gasteiger partial charge in [-0.15, -0.1) is 0 Å². The molecule has 4 aromatic rings. The molecule has 0 aromatic heterocycles. The van der Waals surface area contributed by atoms with E-state index < -0.39 is 0 Å². The highest BCUT2D eigenvalue weighted by Gasteiger charge is 2.40. The first-order chi connectivity index (χ1) is 20.9. The minimum absolute atomic E-state index is 0.00266. The normalized spacial score (nSPS) is 20.4. The Bertz CT molecular complexity index is 1770. The summed E-state index contributed by atoms with van der Waals surface area (Å²) in [5.74, 6) is 3.91. The van der Waals surface area contributed by atoms with Crippen molar-refractivity contribution in [2.45, 2.75) is 37.8 Å². The van der Waals surface area contributed by atoms with Gasteiger partial charge in [-0.05, 0) is 98.4 Å². The molecule has 2 N–H and O–H groups in total. The van der Waals surface area contributed by atoms with Crippen LogP contribution in [-0.4, -0.2) is 54.3 Å². The highest BCUT2D eigenvalue weighted by Crippen LogP contribution is 2.60. The summed E-state index contributed by atoms with van der Waals surface area (Å²) in [6.45, 7) is 1.71. The Labute approximate surface area is 250 Å². The molecule has 2 atom stereocenters. The molecule has 7 aliphatic heterocycles. The number of rotatable bonds is 1. The van der Waals surface area contributed by atoms with Crippen LogP contribution in [0.3, 0.4) is 0 Å². The van der Waals surface area contributed by atoms with E-state index in [1.165, 1.54) is 0 Å². The number of benzene rings is 4. The van der Waals surface area contributed by atoms with Gasteiger partial charge >= 0.3 is 0 Å². The minimum Gasteiger partial charge on any atom is -0.504 e. The third-order valence-electron chi connectivity index (χ3n) is 9.53. The second-order valence-corrected chi connectivity index (χ2v) is 12.1. The van der Waals surface area contributed by atoms with Crippen LogP contribution in [0.4, 0.5) is 0 Å². The van der Waals surface area contributed by atoms with Gasteiger partial charge in [-0.1, -0.05) is 18.2 Å². The molecule has 4 aromatic carbocycles. The number of methoxy groups -OCH3 is 1. The van der Waals surface area contributed by atoms with E-state index in [-0.39, 0.29) is 23.6 Å². The first-order valence-corrected chi connectivity index (χ1v) is 14.8. The minimum atomic E-state index is -0.0530. The van der Waals surface area contributed by atoms with E-state index in [1.807, 2.05) is 30.3 Å². The van der Waals surface area contributed by atoms with Gasteiger partial charge in [0.25, 0.3) is 0 Å². The van der Waals surface area contributed by atoms with Crippen molar-refractivity contribution >= 4 is 0 Å². The van der Waals surface area contributed by atoms with Crippen molar-refractivity contribution in [2.75, 3.05) is 34.3 Å². The number of hydrogen-bond acceptors (Lipinski definition) is 8. The third kappa shape index (κ3) is 4.19. The zero-order chi connectivity index (χ0) is 29.4. The SMILES string of the molecule is COc1cc2c3c4c1Oc1c(c(O)cc5c1[C@H](Cc1ccc(cc1)Oc1cc(ccc1O)C[C@H]3N(C)CC2)N(C)CC5)O4. The second kappa shape index (κ2) is 9.82. The molecule has 220 valence electrons. The lowest BCUT2D eigenvalue weighted by molar-refractivity contribution is 0.211. The summed E-state index contributed by atoms with van der Waals surface area (Å²) >= 11 is 0. The molecule has 8 heteroatoms. The van der Waals surface area contributed by atoms with Crippen molar-refractivity contribution in [2.24, 2.45) is 0 Å². The molecule has 0 radical (unpaired) electrons. The van der Waals surface area contributed by atoms with Crippen LogP contribution >= 0.6 is 0 Å². The van der Waals surface area contributed by atoms with Crippen molar-refractivity contribution < 1.29 is 29.2 Å². The molecule has 7 aliphatic rings. The van der Waals surface area contributed by atoms with E-state index in [9.17, 15) is 10.2 Å². The molecule has 43 heavy (non-hydrogen) atoms. The summed E-state index contributed by atoms with van der Waals surface area (Å²) in [6, 6.07) is 17.4. The van der Waals surface area contributed by atoms with Crippen LogP contribution in [0.2, 0.25) is 0 Å². The van der Waals surface area contributed by atoms with Gasteiger partial charge in [-0.25, -0.2) is 0 Å². The monoisotopic (exact) mass is 578 g/mol. The largest absolute Gasteiger partial charge is 0.504 e. The number of ether oxygens (including phenoxy) is 4. The van der Waals surface area contributed by atoms with Crippen LogP contribution in [0.15, 0.2) is 54.6 Å². The van der Waals surface area contributed by atoms with Crippen LogP contribution in [0.25, 0.3) is 0 Å². The van der Waals surface area contributed by atoms with Crippen LogP contribution in [0, 0.1) is 0 Å². The van der Waals surface area contributed by atoms with Crippen molar-refractivity contribution in [1.29, 1.82) is 0 Å². The average molecular weight is 579 g/mol. The van der Waals surface area contributed by atoms with Gasteiger partial charge in [0.1, 0.15) is 5.75 Å².